The molecule has 0 radical (unpaired) electrons. The van der Waals surface area contributed by atoms with Gasteiger partial charge in [0.1, 0.15) is 17.2 Å². The predicted octanol–water partition coefficient (Wildman–Crippen LogP) is 5.29. The van der Waals surface area contributed by atoms with Crippen molar-refractivity contribution in [2.45, 2.75) is 18.9 Å². The molecule has 3 aromatic heterocycles. The zero-order valence-electron chi connectivity index (χ0n) is 22.2. The Balaban J connectivity index is 1.54. The maximum atomic E-state index is 13.6. The minimum Gasteiger partial charge on any atom is -0.495 e. The smallest absolute Gasteiger partial charge is 0.252 e. The normalized spacial score (nSPS) is 12.1. The van der Waals surface area contributed by atoms with Gasteiger partial charge in [-0.25, -0.2) is 4.98 Å². The second-order valence-electron chi connectivity index (χ2n) is 9.40. The molecule has 11 heteroatoms. The lowest BCUT2D eigenvalue weighted by Gasteiger charge is -2.21. The average molecular weight is 580 g/mol. The molecule has 0 N–H and O–H groups in total. The number of nitrogens with zero attached hydrogens (tertiary/aromatic N) is 5. The van der Waals surface area contributed by atoms with E-state index in [1.807, 2.05) is 37.5 Å². The Morgan fingerprint density at radius 1 is 1.02 bits per heavy atom. The number of halogens is 2. The maximum Gasteiger partial charge on any atom is 0.252 e. The van der Waals surface area contributed by atoms with Gasteiger partial charge in [0.15, 0.2) is 5.78 Å². The second-order valence-corrected chi connectivity index (χ2v) is 10.2. The van der Waals surface area contributed by atoms with Crippen LogP contribution in [0, 0.1) is 0 Å². The van der Waals surface area contributed by atoms with Gasteiger partial charge >= 0.3 is 0 Å². The predicted molar refractivity (Wildman–Crippen MR) is 155 cm³/mol. The summed E-state index contributed by atoms with van der Waals surface area (Å²) in [6.45, 7) is 0.300. The van der Waals surface area contributed by atoms with Gasteiger partial charge in [-0.2, -0.15) is 5.10 Å². The van der Waals surface area contributed by atoms with Crippen LogP contribution in [0.4, 0.5) is 0 Å². The minimum atomic E-state index is -0.758. The minimum absolute atomic E-state index is 0.117. The first-order valence-corrected chi connectivity index (χ1v) is 13.3. The molecule has 0 aliphatic carbocycles. The number of carbonyl (C=O) groups is 1. The van der Waals surface area contributed by atoms with Crippen molar-refractivity contribution in [3.8, 4) is 22.6 Å². The fraction of sp³-hybridized carbons (Fsp3) is 0.241. The molecule has 0 saturated heterocycles. The number of hydrogen-bond donors (Lipinski definition) is 0. The van der Waals surface area contributed by atoms with Crippen molar-refractivity contribution in [3.05, 3.63) is 93.5 Å². The van der Waals surface area contributed by atoms with E-state index in [0.29, 0.717) is 45.8 Å². The monoisotopic (exact) mass is 579 g/mol. The van der Waals surface area contributed by atoms with Crippen LogP contribution in [0.2, 0.25) is 10.2 Å². The van der Waals surface area contributed by atoms with Gasteiger partial charge in [0.05, 0.1) is 30.6 Å². The summed E-state index contributed by atoms with van der Waals surface area (Å²) in [6, 6.07) is 11.7. The van der Waals surface area contributed by atoms with Crippen LogP contribution in [0.15, 0.2) is 72.2 Å². The van der Waals surface area contributed by atoms with Crippen molar-refractivity contribution >= 4 is 39.9 Å². The second kappa shape index (κ2) is 11.7. The molecule has 0 amide bonds. The lowest BCUT2D eigenvalue weighted by atomic mass is 9.99. The Bertz CT molecular complexity index is 1760. The van der Waals surface area contributed by atoms with E-state index in [1.54, 1.807) is 47.2 Å². The largest absolute Gasteiger partial charge is 0.495 e. The van der Waals surface area contributed by atoms with Gasteiger partial charge < -0.3 is 18.6 Å². The molecule has 0 spiro atoms. The van der Waals surface area contributed by atoms with Crippen LogP contribution >= 0.6 is 23.2 Å². The number of hydrogen-bond acceptors (Lipinski definition) is 6. The molecule has 1 atom stereocenters. The lowest BCUT2D eigenvalue weighted by Crippen LogP contribution is -2.31. The Morgan fingerprint density at radius 2 is 1.85 bits per heavy atom. The van der Waals surface area contributed by atoms with Crippen molar-refractivity contribution in [1.29, 1.82) is 0 Å². The van der Waals surface area contributed by atoms with Crippen molar-refractivity contribution in [2.75, 3.05) is 20.8 Å². The molecule has 5 rings (SSSR count). The number of carbonyl (C=O) groups excluding carboxylic acids is 1. The molecule has 2 aromatic carbocycles. The van der Waals surface area contributed by atoms with Crippen LogP contribution in [0.3, 0.4) is 0 Å². The quantitative estimate of drug-likeness (QED) is 0.223. The Morgan fingerprint density at radius 3 is 2.58 bits per heavy atom. The van der Waals surface area contributed by atoms with Gasteiger partial charge in [-0.05, 0) is 42.3 Å². The summed E-state index contributed by atoms with van der Waals surface area (Å²) < 4.78 is 15.9. The average Bonchev–Trinajstić information content (AvgIpc) is 3.53. The Hall–Kier alpha value is -3.92. The van der Waals surface area contributed by atoms with Crippen molar-refractivity contribution in [3.63, 3.8) is 0 Å². The summed E-state index contributed by atoms with van der Waals surface area (Å²) in [4.78, 5) is 31.3. The van der Waals surface area contributed by atoms with Crippen LogP contribution in [-0.2, 0) is 23.0 Å². The highest BCUT2D eigenvalue weighted by Gasteiger charge is 2.24. The number of benzene rings is 2. The summed E-state index contributed by atoms with van der Waals surface area (Å²) in [7, 11) is 4.93. The van der Waals surface area contributed by atoms with Gasteiger partial charge in [-0.1, -0.05) is 29.3 Å². The van der Waals surface area contributed by atoms with Crippen molar-refractivity contribution in [2.24, 2.45) is 7.05 Å². The summed E-state index contributed by atoms with van der Waals surface area (Å²) in [5.41, 5.74) is 3.20. The van der Waals surface area contributed by atoms with Crippen LogP contribution in [0.5, 0.6) is 5.75 Å². The molecule has 0 saturated carbocycles. The first kappa shape index (κ1) is 27.6. The van der Waals surface area contributed by atoms with E-state index in [9.17, 15) is 9.59 Å². The number of ketones is 1. The highest BCUT2D eigenvalue weighted by Crippen LogP contribution is 2.36. The molecule has 5 aromatic rings. The number of Topliss-reactive ketones (excluding diaryl/α,β-unsaturated/α-hetero) is 1. The third-order valence-corrected chi connectivity index (χ3v) is 7.14. The molecular weight excluding hydrogens is 553 g/mol. The van der Waals surface area contributed by atoms with E-state index in [1.165, 1.54) is 17.7 Å². The zero-order valence-corrected chi connectivity index (χ0v) is 23.7. The number of methoxy groups -OCH3 is 2. The van der Waals surface area contributed by atoms with Crippen LogP contribution < -0.4 is 10.3 Å². The SMILES string of the molecule is COCCC(C(=O)Cc1ccc2nn(C)cc2c1)n1cc(OC)c(-c2cc(Cl)ccc2-n2cnc(Cl)c2)cc1=O. The molecule has 0 aliphatic heterocycles. The number of imidazole rings is 1. The standard InChI is InChI=1S/C29H27Cl2N5O4/c1-34-14-19-10-18(4-6-23(19)33-34)11-26(37)25(8-9-39-2)36-15-27(40-3)22(13-29(36)38)21-12-20(30)5-7-24(21)35-16-28(31)32-17-35/h4-7,10,12-17,25H,8-9,11H2,1-3H3. The number of ether oxygens (including phenoxy) is 2. The van der Waals surface area contributed by atoms with Crippen LogP contribution in [-0.4, -0.2) is 50.5 Å². The fourth-order valence-corrected chi connectivity index (χ4v) is 5.16. The first-order chi connectivity index (χ1) is 19.3. The summed E-state index contributed by atoms with van der Waals surface area (Å²) in [5.74, 6) is 0.287. The van der Waals surface area contributed by atoms with E-state index in [0.717, 1.165) is 16.5 Å². The van der Waals surface area contributed by atoms with E-state index in [4.69, 9.17) is 32.7 Å². The molecule has 1 unspecified atom stereocenters. The number of rotatable bonds is 10. The molecule has 0 aliphatic rings. The van der Waals surface area contributed by atoms with Crippen molar-refractivity contribution < 1.29 is 14.3 Å². The van der Waals surface area contributed by atoms with E-state index < -0.39 is 6.04 Å². The first-order valence-electron chi connectivity index (χ1n) is 12.5. The van der Waals surface area contributed by atoms with Crippen LogP contribution in [0.1, 0.15) is 18.0 Å². The number of aromatic nitrogens is 5. The summed E-state index contributed by atoms with van der Waals surface area (Å²) >= 11 is 12.4. The maximum absolute atomic E-state index is 13.6. The molecule has 0 bridgehead atoms. The molecule has 206 valence electrons. The topological polar surface area (TPSA) is 93.2 Å². The zero-order chi connectivity index (χ0) is 28.4. The Labute approximate surface area is 240 Å². The van der Waals surface area contributed by atoms with Gasteiger partial charge in [0, 0.05) is 67.2 Å². The van der Waals surface area contributed by atoms with Gasteiger partial charge in [-0.3, -0.25) is 14.3 Å². The molecule has 9 nitrogen and oxygen atoms in total. The van der Waals surface area contributed by atoms with E-state index >= 15 is 0 Å². The third kappa shape index (κ3) is 5.67. The molecule has 0 fully saturated rings. The number of aryl methyl sites for hydroxylation is 1. The highest BCUT2D eigenvalue weighted by atomic mass is 35.5. The number of pyridine rings is 1. The highest BCUT2D eigenvalue weighted by molar-refractivity contribution is 6.31. The van der Waals surface area contributed by atoms with Gasteiger partial charge in [0.2, 0.25) is 0 Å². The Kier molecular flexibility index (Phi) is 8.07. The molecule has 40 heavy (non-hydrogen) atoms. The van der Waals surface area contributed by atoms with E-state index in [2.05, 4.69) is 10.1 Å². The van der Waals surface area contributed by atoms with Gasteiger partial charge in [-0.15, -0.1) is 0 Å². The van der Waals surface area contributed by atoms with Gasteiger partial charge in [0.25, 0.3) is 5.56 Å². The molecule has 3 heterocycles. The van der Waals surface area contributed by atoms with E-state index in [-0.39, 0.29) is 17.8 Å². The fourth-order valence-electron chi connectivity index (χ4n) is 4.84. The van der Waals surface area contributed by atoms with Crippen LogP contribution in [0.25, 0.3) is 27.7 Å². The lowest BCUT2D eigenvalue weighted by molar-refractivity contribution is -0.122. The summed E-state index contributed by atoms with van der Waals surface area (Å²) in [6.07, 6.45) is 7.18. The third-order valence-electron chi connectivity index (χ3n) is 6.71. The number of fused-ring (bicyclic) bond motifs is 1. The molecular formula is C29H27Cl2N5O4. The van der Waals surface area contributed by atoms with Crippen molar-refractivity contribution in [1.82, 2.24) is 23.9 Å². The summed E-state index contributed by atoms with van der Waals surface area (Å²) in [5, 5.41) is 6.14.